The Bertz CT molecular complexity index is 1570. The summed E-state index contributed by atoms with van der Waals surface area (Å²) in [5, 5.41) is 4.85. The van der Waals surface area contributed by atoms with Crippen LogP contribution in [0.3, 0.4) is 0 Å². The van der Waals surface area contributed by atoms with Gasteiger partial charge in [-0.2, -0.15) is 5.10 Å². The van der Waals surface area contributed by atoms with Crippen LogP contribution in [0.5, 0.6) is 11.5 Å². The van der Waals surface area contributed by atoms with Crippen LogP contribution in [-0.2, 0) is 0 Å². The van der Waals surface area contributed by atoms with E-state index in [-0.39, 0.29) is 5.78 Å². The predicted molar refractivity (Wildman–Crippen MR) is 145 cm³/mol. The number of ether oxygens (including phenoxy) is 2. The van der Waals surface area contributed by atoms with Crippen molar-refractivity contribution in [1.29, 1.82) is 0 Å². The lowest BCUT2D eigenvalue weighted by molar-refractivity contribution is 0.104. The molecule has 0 unspecified atom stereocenters. The monoisotopic (exact) mass is 484 g/mol. The van der Waals surface area contributed by atoms with Crippen LogP contribution in [0.4, 0.5) is 0 Å². The Morgan fingerprint density at radius 2 is 1.38 bits per heavy atom. The number of aromatic nitrogens is 2. The summed E-state index contributed by atoms with van der Waals surface area (Å²) < 4.78 is 13.3. The van der Waals surface area contributed by atoms with Crippen molar-refractivity contribution in [2.24, 2.45) is 0 Å². The van der Waals surface area contributed by atoms with Crippen molar-refractivity contribution in [3.05, 3.63) is 127 Å². The summed E-state index contributed by atoms with van der Waals surface area (Å²) in [6.45, 7) is 1.05. The number of fused-ring (bicyclic) bond motifs is 1. The third-order valence-electron chi connectivity index (χ3n) is 6.27. The van der Waals surface area contributed by atoms with Gasteiger partial charge in [-0.05, 0) is 53.6 Å². The highest BCUT2D eigenvalue weighted by atomic mass is 16.6. The van der Waals surface area contributed by atoms with Crippen molar-refractivity contribution in [2.45, 2.75) is 0 Å². The van der Waals surface area contributed by atoms with E-state index in [0.29, 0.717) is 24.5 Å². The molecule has 2 heterocycles. The Morgan fingerprint density at radius 1 is 0.730 bits per heavy atom. The quantitative estimate of drug-likeness (QED) is 0.195. The molecule has 0 atom stereocenters. The second-order valence-corrected chi connectivity index (χ2v) is 8.71. The van der Waals surface area contributed by atoms with Crippen LogP contribution in [0.1, 0.15) is 15.9 Å². The average molecular weight is 485 g/mol. The summed E-state index contributed by atoms with van der Waals surface area (Å²) >= 11 is 0. The first-order valence-corrected chi connectivity index (χ1v) is 12.2. The molecule has 0 fully saturated rings. The third kappa shape index (κ3) is 4.80. The van der Waals surface area contributed by atoms with Gasteiger partial charge in [0, 0.05) is 22.9 Å². The molecule has 0 bridgehead atoms. The zero-order valence-corrected chi connectivity index (χ0v) is 20.1. The molecule has 4 aromatic carbocycles. The van der Waals surface area contributed by atoms with Crippen LogP contribution in [0.2, 0.25) is 0 Å². The molecular formula is C32H24N2O3. The summed E-state index contributed by atoms with van der Waals surface area (Å²) in [6.07, 6.45) is 5.36. The average Bonchev–Trinajstić information content (AvgIpc) is 3.41. The molecule has 5 nitrogen and oxygen atoms in total. The lowest BCUT2D eigenvalue weighted by Gasteiger charge is -2.18. The molecule has 0 radical (unpaired) electrons. The van der Waals surface area contributed by atoms with Gasteiger partial charge in [0.25, 0.3) is 0 Å². The lowest BCUT2D eigenvalue weighted by Crippen LogP contribution is -2.15. The number of carbonyl (C=O) groups excluding carboxylic acids is 1. The van der Waals surface area contributed by atoms with Gasteiger partial charge in [-0.3, -0.25) is 4.79 Å². The Kier molecular flexibility index (Phi) is 6.09. The highest BCUT2D eigenvalue weighted by Crippen LogP contribution is 2.35. The van der Waals surface area contributed by atoms with Crippen molar-refractivity contribution in [3.63, 3.8) is 0 Å². The fourth-order valence-corrected chi connectivity index (χ4v) is 4.36. The minimum Gasteiger partial charge on any atom is -0.486 e. The van der Waals surface area contributed by atoms with Crippen molar-refractivity contribution in [2.75, 3.05) is 13.2 Å². The smallest absolute Gasteiger partial charge is 0.185 e. The van der Waals surface area contributed by atoms with Gasteiger partial charge in [-0.1, -0.05) is 72.8 Å². The molecule has 1 aliphatic heterocycles. The van der Waals surface area contributed by atoms with E-state index in [1.165, 1.54) is 0 Å². The zero-order chi connectivity index (χ0) is 25.0. The molecule has 6 rings (SSSR count). The predicted octanol–water partition coefficient (Wildman–Crippen LogP) is 6.87. The fraction of sp³-hybridized carbons (Fsp3) is 0.0625. The van der Waals surface area contributed by atoms with Gasteiger partial charge >= 0.3 is 0 Å². The van der Waals surface area contributed by atoms with Crippen LogP contribution in [-0.4, -0.2) is 28.8 Å². The normalized spacial score (nSPS) is 12.5. The molecule has 1 aliphatic rings. The maximum Gasteiger partial charge on any atom is 0.185 e. The molecule has 5 heteroatoms. The highest BCUT2D eigenvalue weighted by molar-refractivity contribution is 6.07. The van der Waals surface area contributed by atoms with Crippen LogP contribution < -0.4 is 9.47 Å². The minimum absolute atomic E-state index is 0.0693. The third-order valence-corrected chi connectivity index (χ3v) is 6.27. The number of hydrogen-bond acceptors (Lipinski definition) is 4. The van der Waals surface area contributed by atoms with Crippen molar-refractivity contribution in [3.8, 4) is 39.6 Å². The number of ketones is 1. The SMILES string of the molecule is O=C(C=Cc1cn(-c2ccccc2)nc1-c1ccc2c(c1)OCCO2)c1ccc(-c2ccccc2)cc1. The molecule has 0 amide bonds. The van der Waals surface area contributed by atoms with Gasteiger partial charge in [-0.25, -0.2) is 4.68 Å². The molecule has 1 aromatic heterocycles. The molecular weight excluding hydrogens is 460 g/mol. The van der Waals surface area contributed by atoms with Gasteiger partial charge in [-0.15, -0.1) is 0 Å². The van der Waals surface area contributed by atoms with Gasteiger partial charge < -0.3 is 9.47 Å². The minimum atomic E-state index is -0.0693. The van der Waals surface area contributed by atoms with Gasteiger partial charge in [0.1, 0.15) is 18.9 Å². The van der Waals surface area contributed by atoms with Crippen LogP contribution in [0, 0.1) is 0 Å². The molecule has 0 saturated heterocycles. The number of hydrogen-bond donors (Lipinski definition) is 0. The molecule has 0 saturated carbocycles. The van der Waals surface area contributed by atoms with Crippen LogP contribution in [0.15, 0.2) is 115 Å². The molecule has 180 valence electrons. The largest absolute Gasteiger partial charge is 0.486 e. The van der Waals surface area contributed by atoms with E-state index in [4.69, 9.17) is 14.6 Å². The Labute approximate surface area is 215 Å². The first kappa shape index (κ1) is 22.6. The van der Waals surface area contributed by atoms with Crippen molar-refractivity contribution < 1.29 is 14.3 Å². The summed E-state index contributed by atoms with van der Waals surface area (Å²) in [7, 11) is 0. The van der Waals surface area contributed by atoms with Gasteiger partial charge in [0.2, 0.25) is 0 Å². The summed E-state index contributed by atoms with van der Waals surface area (Å²) in [5.41, 5.74) is 6.23. The Hall–Kier alpha value is -4.90. The standard InChI is InChI=1S/C32H24N2O3/c35-29(25-13-11-24(12-14-25)23-7-3-1-4-8-23)17-15-27-22-34(28-9-5-2-6-10-28)33-32(27)26-16-18-30-31(21-26)37-20-19-36-30/h1-18,21-22H,19-20H2. The fourth-order valence-electron chi connectivity index (χ4n) is 4.36. The number of allylic oxidation sites excluding steroid dienone is 1. The van der Waals surface area contributed by atoms with E-state index in [2.05, 4.69) is 12.1 Å². The second-order valence-electron chi connectivity index (χ2n) is 8.71. The number of benzene rings is 4. The Morgan fingerprint density at radius 3 is 2.14 bits per heavy atom. The number of carbonyl (C=O) groups is 1. The van der Waals surface area contributed by atoms with Crippen molar-refractivity contribution in [1.82, 2.24) is 9.78 Å². The van der Waals surface area contributed by atoms with Gasteiger partial charge in [0.15, 0.2) is 17.3 Å². The topological polar surface area (TPSA) is 53.4 Å². The van der Waals surface area contributed by atoms with E-state index < -0.39 is 0 Å². The molecule has 37 heavy (non-hydrogen) atoms. The maximum absolute atomic E-state index is 13.0. The van der Waals surface area contributed by atoms with Gasteiger partial charge in [0.05, 0.1) is 5.69 Å². The van der Waals surface area contributed by atoms with E-state index >= 15 is 0 Å². The van der Waals surface area contributed by atoms with E-state index in [0.717, 1.165) is 39.4 Å². The zero-order valence-electron chi connectivity index (χ0n) is 20.1. The molecule has 5 aromatic rings. The maximum atomic E-state index is 13.0. The second kappa shape index (κ2) is 9.99. The first-order chi connectivity index (χ1) is 18.2. The molecule has 0 aliphatic carbocycles. The number of para-hydroxylation sites is 1. The van der Waals surface area contributed by atoms with Crippen LogP contribution >= 0.6 is 0 Å². The lowest BCUT2D eigenvalue weighted by atomic mass is 10.0. The molecule has 0 spiro atoms. The first-order valence-electron chi connectivity index (χ1n) is 12.2. The Balaban J connectivity index is 1.32. The van der Waals surface area contributed by atoms with Crippen LogP contribution in [0.25, 0.3) is 34.1 Å². The highest BCUT2D eigenvalue weighted by Gasteiger charge is 2.16. The van der Waals surface area contributed by atoms with E-state index in [1.807, 2.05) is 108 Å². The number of rotatable bonds is 6. The number of nitrogens with zero attached hydrogens (tertiary/aromatic N) is 2. The van der Waals surface area contributed by atoms with E-state index in [1.54, 1.807) is 6.08 Å². The van der Waals surface area contributed by atoms with E-state index in [9.17, 15) is 4.79 Å². The van der Waals surface area contributed by atoms with Crippen molar-refractivity contribution >= 4 is 11.9 Å². The molecule has 0 N–H and O–H groups in total. The summed E-state index contributed by atoms with van der Waals surface area (Å²) in [4.78, 5) is 13.0. The summed E-state index contributed by atoms with van der Waals surface area (Å²) in [6, 6.07) is 33.5. The summed E-state index contributed by atoms with van der Waals surface area (Å²) in [5.74, 6) is 1.35.